The molecule has 30 heavy (non-hydrogen) atoms. The second kappa shape index (κ2) is 15.3. The van der Waals surface area contributed by atoms with E-state index >= 15 is 0 Å². The van der Waals surface area contributed by atoms with Gasteiger partial charge in [0.1, 0.15) is 11.9 Å². The summed E-state index contributed by atoms with van der Waals surface area (Å²) >= 11 is 1.60. The molecule has 1 atom stereocenters. The monoisotopic (exact) mass is 432 g/mol. The van der Waals surface area contributed by atoms with E-state index < -0.39 is 0 Å². The fourth-order valence-electron chi connectivity index (χ4n) is 3.92. The molecular weight excluding hydrogens is 392 g/mol. The highest BCUT2D eigenvalue weighted by atomic mass is 32.2. The topological polar surface area (TPSA) is 49.4 Å². The summed E-state index contributed by atoms with van der Waals surface area (Å²) in [6, 6.07) is 9.97. The van der Waals surface area contributed by atoms with Gasteiger partial charge in [-0.2, -0.15) is 0 Å². The number of nitrogens with one attached hydrogen (secondary N) is 1. The molecule has 1 aliphatic rings. The van der Waals surface area contributed by atoms with Crippen LogP contribution in [0.4, 0.5) is 0 Å². The van der Waals surface area contributed by atoms with E-state index in [9.17, 15) is 9.59 Å². The number of unbranched alkanes of at least 4 members (excludes halogenated alkanes) is 11. The molecule has 1 unspecified atom stereocenters. The van der Waals surface area contributed by atoms with Gasteiger partial charge in [0.25, 0.3) is 0 Å². The molecule has 5 heteroatoms. The minimum atomic E-state index is -0.0464. The van der Waals surface area contributed by atoms with E-state index in [1.807, 2.05) is 30.3 Å². The molecule has 2 rings (SSSR count). The summed E-state index contributed by atoms with van der Waals surface area (Å²) in [6.45, 7) is 3.13. The highest BCUT2D eigenvalue weighted by Gasteiger charge is 2.33. The zero-order valence-corrected chi connectivity index (χ0v) is 19.6. The number of nitrogens with zero attached hydrogens (tertiary/aromatic N) is 1. The predicted molar refractivity (Wildman–Crippen MR) is 127 cm³/mol. The van der Waals surface area contributed by atoms with Crippen molar-refractivity contribution in [3.63, 3.8) is 0 Å². The van der Waals surface area contributed by atoms with Gasteiger partial charge in [-0.25, -0.2) is 0 Å². The zero-order chi connectivity index (χ0) is 21.4. The number of carbonyl (C=O) groups is 2. The Morgan fingerprint density at radius 2 is 1.50 bits per heavy atom. The summed E-state index contributed by atoms with van der Waals surface area (Å²) < 4.78 is 0. The molecule has 0 radical (unpaired) electrons. The second-order valence-electron chi connectivity index (χ2n) is 8.33. The molecule has 1 saturated heterocycles. The summed E-state index contributed by atoms with van der Waals surface area (Å²) in [5.74, 6) is 0.454. The second-order valence-corrected chi connectivity index (χ2v) is 9.40. The van der Waals surface area contributed by atoms with Crippen LogP contribution >= 0.6 is 11.8 Å². The van der Waals surface area contributed by atoms with Gasteiger partial charge in [0.05, 0.1) is 5.75 Å². The van der Waals surface area contributed by atoms with Crippen molar-refractivity contribution >= 4 is 23.6 Å². The fraction of sp³-hybridized carbons (Fsp3) is 0.680. The SMILES string of the molecule is CCCCCCCCCCCCCCNC(=O)CN1C(=O)CSC1c1ccccc1. The van der Waals surface area contributed by atoms with Crippen molar-refractivity contribution in [1.82, 2.24) is 10.2 Å². The highest BCUT2D eigenvalue weighted by molar-refractivity contribution is 8.00. The Kier molecular flexibility index (Phi) is 12.7. The number of rotatable bonds is 16. The van der Waals surface area contributed by atoms with E-state index in [0.29, 0.717) is 12.3 Å². The third kappa shape index (κ3) is 9.55. The van der Waals surface area contributed by atoms with Crippen molar-refractivity contribution in [2.75, 3.05) is 18.8 Å². The van der Waals surface area contributed by atoms with Crippen molar-refractivity contribution in [2.45, 2.75) is 89.3 Å². The number of hydrogen-bond donors (Lipinski definition) is 1. The summed E-state index contributed by atoms with van der Waals surface area (Å²) in [6.07, 6.45) is 15.8. The van der Waals surface area contributed by atoms with Crippen LogP contribution in [0, 0.1) is 0 Å². The number of benzene rings is 1. The fourth-order valence-corrected chi connectivity index (χ4v) is 5.11. The highest BCUT2D eigenvalue weighted by Crippen LogP contribution is 2.38. The van der Waals surface area contributed by atoms with Gasteiger partial charge >= 0.3 is 0 Å². The lowest BCUT2D eigenvalue weighted by Gasteiger charge is -2.23. The normalized spacial score (nSPS) is 16.2. The smallest absolute Gasteiger partial charge is 0.239 e. The minimum absolute atomic E-state index is 0.0453. The molecule has 4 nitrogen and oxygen atoms in total. The molecule has 0 spiro atoms. The van der Waals surface area contributed by atoms with Gasteiger partial charge in [0, 0.05) is 6.54 Å². The molecule has 2 amide bonds. The van der Waals surface area contributed by atoms with Crippen LogP contribution in [-0.2, 0) is 9.59 Å². The predicted octanol–water partition coefficient (Wildman–Crippen LogP) is 6.08. The molecule has 1 fully saturated rings. The Morgan fingerprint density at radius 1 is 0.933 bits per heavy atom. The quantitative estimate of drug-likeness (QED) is 0.322. The third-order valence-corrected chi connectivity index (χ3v) is 6.98. The Morgan fingerprint density at radius 3 is 2.10 bits per heavy atom. The molecule has 0 saturated carbocycles. The summed E-state index contributed by atoms with van der Waals surface area (Å²) in [5.41, 5.74) is 1.09. The van der Waals surface area contributed by atoms with Crippen LogP contribution in [0.1, 0.15) is 94.9 Å². The molecule has 1 aromatic carbocycles. The van der Waals surface area contributed by atoms with E-state index in [1.165, 1.54) is 70.6 Å². The van der Waals surface area contributed by atoms with Crippen LogP contribution in [0.5, 0.6) is 0 Å². The van der Waals surface area contributed by atoms with Crippen LogP contribution in [0.15, 0.2) is 30.3 Å². The maximum atomic E-state index is 12.3. The van der Waals surface area contributed by atoms with Crippen LogP contribution < -0.4 is 5.32 Å². The zero-order valence-electron chi connectivity index (χ0n) is 18.7. The Bertz CT molecular complexity index is 608. The lowest BCUT2D eigenvalue weighted by atomic mass is 10.1. The van der Waals surface area contributed by atoms with E-state index in [1.54, 1.807) is 16.7 Å². The van der Waals surface area contributed by atoms with Crippen LogP contribution in [-0.4, -0.2) is 35.6 Å². The number of thioether (sulfide) groups is 1. The number of amides is 2. The van der Waals surface area contributed by atoms with E-state index in [2.05, 4.69) is 12.2 Å². The molecule has 0 bridgehead atoms. The average molecular weight is 433 g/mol. The first-order chi connectivity index (χ1) is 14.7. The summed E-state index contributed by atoms with van der Waals surface area (Å²) in [5, 5.41) is 2.95. The maximum absolute atomic E-state index is 12.3. The molecule has 1 N–H and O–H groups in total. The number of carbonyl (C=O) groups excluding carboxylic acids is 2. The Labute approximate surface area is 187 Å². The summed E-state index contributed by atoms with van der Waals surface area (Å²) in [7, 11) is 0. The van der Waals surface area contributed by atoms with Crippen molar-refractivity contribution in [2.24, 2.45) is 0 Å². The van der Waals surface area contributed by atoms with Crippen LogP contribution in [0.3, 0.4) is 0 Å². The number of hydrogen-bond acceptors (Lipinski definition) is 3. The van der Waals surface area contributed by atoms with Crippen molar-refractivity contribution in [3.05, 3.63) is 35.9 Å². The van der Waals surface area contributed by atoms with Gasteiger partial charge in [0.2, 0.25) is 11.8 Å². The van der Waals surface area contributed by atoms with Gasteiger partial charge in [-0.3, -0.25) is 9.59 Å². The van der Waals surface area contributed by atoms with Gasteiger partial charge < -0.3 is 10.2 Å². The molecule has 1 aromatic rings. The Balaban J connectivity index is 1.49. The molecule has 168 valence electrons. The van der Waals surface area contributed by atoms with Gasteiger partial charge in [0.15, 0.2) is 0 Å². The van der Waals surface area contributed by atoms with Crippen molar-refractivity contribution in [1.29, 1.82) is 0 Å². The summed E-state index contributed by atoms with van der Waals surface area (Å²) in [4.78, 5) is 26.2. The Hall–Kier alpha value is -1.49. The van der Waals surface area contributed by atoms with E-state index in [4.69, 9.17) is 0 Å². The first kappa shape index (κ1) is 24.8. The van der Waals surface area contributed by atoms with Crippen LogP contribution in [0.2, 0.25) is 0 Å². The van der Waals surface area contributed by atoms with Gasteiger partial charge in [-0.15, -0.1) is 11.8 Å². The van der Waals surface area contributed by atoms with Gasteiger partial charge in [-0.05, 0) is 12.0 Å². The van der Waals surface area contributed by atoms with E-state index in [0.717, 1.165) is 12.0 Å². The molecule has 1 aliphatic heterocycles. The van der Waals surface area contributed by atoms with Crippen LogP contribution in [0.25, 0.3) is 0 Å². The van der Waals surface area contributed by atoms with E-state index in [-0.39, 0.29) is 23.7 Å². The molecule has 0 aromatic heterocycles. The standard InChI is InChI=1S/C25H40N2O2S/c1-2-3-4-5-6-7-8-9-10-11-12-16-19-26-23(28)20-27-24(29)21-30-25(27)22-17-14-13-15-18-22/h13-15,17-18,25H,2-12,16,19-21H2,1H3,(H,26,28). The third-order valence-electron chi connectivity index (χ3n) is 5.72. The largest absolute Gasteiger partial charge is 0.355 e. The molecule has 1 heterocycles. The molecule has 0 aliphatic carbocycles. The van der Waals surface area contributed by atoms with Crippen molar-refractivity contribution < 1.29 is 9.59 Å². The van der Waals surface area contributed by atoms with Gasteiger partial charge in [-0.1, -0.05) is 108 Å². The lowest BCUT2D eigenvalue weighted by Crippen LogP contribution is -2.39. The maximum Gasteiger partial charge on any atom is 0.239 e. The lowest BCUT2D eigenvalue weighted by molar-refractivity contribution is -0.133. The first-order valence-corrected chi connectivity index (χ1v) is 13.0. The average Bonchev–Trinajstić information content (AvgIpc) is 3.12. The van der Waals surface area contributed by atoms with Crippen molar-refractivity contribution in [3.8, 4) is 0 Å². The first-order valence-electron chi connectivity index (χ1n) is 11.9. The molecular formula is C25H40N2O2S. The minimum Gasteiger partial charge on any atom is -0.355 e.